The van der Waals surface area contributed by atoms with Gasteiger partial charge in [-0.25, -0.2) is 4.79 Å². The van der Waals surface area contributed by atoms with Gasteiger partial charge in [-0.05, 0) is 36.4 Å². The van der Waals surface area contributed by atoms with Crippen LogP contribution in [0.1, 0.15) is 11.1 Å². The van der Waals surface area contributed by atoms with Crippen LogP contribution in [-0.2, 0) is 0 Å². The van der Waals surface area contributed by atoms with E-state index in [9.17, 15) is 4.79 Å². The van der Waals surface area contributed by atoms with Gasteiger partial charge in [0.05, 0.1) is 0 Å². The summed E-state index contributed by atoms with van der Waals surface area (Å²) in [6, 6.07) is 13.8. The van der Waals surface area contributed by atoms with Crippen molar-refractivity contribution in [2.75, 3.05) is 10.6 Å². The number of carbonyl (C=O) groups excluding carboxylic acids is 1. The van der Waals surface area contributed by atoms with Gasteiger partial charge in [-0.3, -0.25) is 0 Å². The summed E-state index contributed by atoms with van der Waals surface area (Å²) >= 11 is 0. The molecule has 96 valence electrons. The van der Waals surface area contributed by atoms with Gasteiger partial charge >= 0.3 is 6.03 Å². The first-order chi connectivity index (χ1) is 9.71. The van der Waals surface area contributed by atoms with Gasteiger partial charge < -0.3 is 10.6 Å². The molecule has 0 saturated carbocycles. The molecule has 2 aromatic rings. The molecular weight excluding hydrogens is 248 g/mol. The molecule has 2 aromatic carbocycles. The topological polar surface area (TPSA) is 41.1 Å². The van der Waals surface area contributed by atoms with E-state index in [1.165, 1.54) is 0 Å². The summed E-state index contributed by atoms with van der Waals surface area (Å²) in [5, 5.41) is 5.41. The van der Waals surface area contributed by atoms with Crippen molar-refractivity contribution in [1.82, 2.24) is 0 Å². The Morgan fingerprint density at radius 1 is 0.850 bits per heavy atom. The Morgan fingerprint density at radius 3 is 1.70 bits per heavy atom. The third-order valence-corrected chi connectivity index (χ3v) is 2.57. The van der Waals surface area contributed by atoms with Gasteiger partial charge in [-0.1, -0.05) is 24.0 Å². The molecule has 0 aliphatic carbocycles. The molecule has 2 N–H and O–H groups in total. The Morgan fingerprint density at radius 2 is 1.30 bits per heavy atom. The monoisotopic (exact) mass is 260 g/mol. The smallest absolute Gasteiger partial charge is 0.308 e. The number of terminal acetylenes is 2. The van der Waals surface area contributed by atoms with Gasteiger partial charge in [-0.2, -0.15) is 0 Å². The fraction of sp³-hybridized carbons (Fsp3) is 0. The zero-order valence-electron chi connectivity index (χ0n) is 10.7. The van der Waals surface area contributed by atoms with Gasteiger partial charge in [0.25, 0.3) is 0 Å². The number of amides is 2. The zero-order chi connectivity index (χ0) is 14.4. The van der Waals surface area contributed by atoms with E-state index in [-0.39, 0.29) is 6.03 Å². The van der Waals surface area contributed by atoms with Crippen molar-refractivity contribution in [3.63, 3.8) is 0 Å². The minimum absolute atomic E-state index is 0.353. The lowest BCUT2D eigenvalue weighted by Gasteiger charge is -2.08. The van der Waals surface area contributed by atoms with Crippen LogP contribution in [0.3, 0.4) is 0 Å². The number of rotatable bonds is 2. The molecule has 20 heavy (non-hydrogen) atoms. The number of nitrogens with one attached hydrogen (secondary N) is 2. The molecule has 2 amide bonds. The second kappa shape index (κ2) is 6.13. The predicted molar refractivity (Wildman–Crippen MR) is 81.4 cm³/mol. The maximum absolute atomic E-state index is 11.9. The molecule has 0 fully saturated rings. The van der Waals surface area contributed by atoms with Crippen molar-refractivity contribution in [3.05, 3.63) is 59.7 Å². The van der Waals surface area contributed by atoms with E-state index >= 15 is 0 Å². The van der Waals surface area contributed by atoms with E-state index in [0.717, 1.165) is 0 Å². The lowest BCUT2D eigenvalue weighted by molar-refractivity contribution is 0.262. The zero-order valence-corrected chi connectivity index (χ0v) is 10.7. The fourth-order valence-electron chi connectivity index (χ4n) is 1.67. The van der Waals surface area contributed by atoms with Gasteiger partial charge in [0.15, 0.2) is 0 Å². The molecule has 3 heteroatoms. The number of hydrogen-bond acceptors (Lipinski definition) is 1. The van der Waals surface area contributed by atoms with Crippen LogP contribution in [0.4, 0.5) is 16.2 Å². The third-order valence-electron chi connectivity index (χ3n) is 2.57. The van der Waals surface area contributed by atoms with E-state index in [4.69, 9.17) is 12.8 Å². The van der Waals surface area contributed by atoms with Crippen LogP contribution < -0.4 is 10.6 Å². The first-order valence-corrected chi connectivity index (χ1v) is 5.92. The third kappa shape index (κ3) is 3.41. The summed E-state index contributed by atoms with van der Waals surface area (Å²) in [6.45, 7) is 0. The van der Waals surface area contributed by atoms with Crippen LogP contribution in [-0.4, -0.2) is 6.03 Å². The highest BCUT2D eigenvalue weighted by molar-refractivity contribution is 5.99. The van der Waals surface area contributed by atoms with Crippen molar-refractivity contribution in [3.8, 4) is 24.7 Å². The normalized spacial score (nSPS) is 9.10. The first kappa shape index (κ1) is 13.3. The molecule has 0 spiro atoms. The van der Waals surface area contributed by atoms with Crippen LogP contribution in [0.25, 0.3) is 0 Å². The lowest BCUT2D eigenvalue weighted by Crippen LogP contribution is -2.19. The minimum atomic E-state index is -0.353. The van der Waals surface area contributed by atoms with Gasteiger partial charge in [0, 0.05) is 22.5 Å². The Balaban J connectivity index is 2.05. The summed E-state index contributed by atoms with van der Waals surface area (Å²) in [4.78, 5) is 11.9. The van der Waals surface area contributed by atoms with E-state index in [1.807, 2.05) is 0 Å². The number of anilines is 2. The summed E-state index contributed by atoms with van der Waals surface area (Å²) < 4.78 is 0. The highest BCUT2D eigenvalue weighted by Crippen LogP contribution is 2.12. The average molecular weight is 260 g/mol. The Kier molecular flexibility index (Phi) is 4.07. The maximum atomic E-state index is 11.9. The first-order valence-electron chi connectivity index (χ1n) is 5.92. The molecule has 0 aliphatic rings. The molecule has 0 aromatic heterocycles. The standard InChI is InChI=1S/C17H12N2O/c1-3-13-7-5-9-15(11-13)18-17(20)19-16-10-6-8-14(4-2)12-16/h1-2,5-12H,(H2,18,19,20). The van der Waals surface area contributed by atoms with E-state index < -0.39 is 0 Å². The quantitative estimate of drug-likeness (QED) is 0.799. The summed E-state index contributed by atoms with van der Waals surface area (Å²) in [6.07, 6.45) is 10.6. The van der Waals surface area contributed by atoms with E-state index in [0.29, 0.717) is 22.5 Å². The van der Waals surface area contributed by atoms with Crippen molar-refractivity contribution in [2.24, 2.45) is 0 Å². The Hall–Kier alpha value is -3.17. The molecule has 0 radical (unpaired) electrons. The van der Waals surface area contributed by atoms with Gasteiger partial charge in [0.1, 0.15) is 0 Å². The fourth-order valence-corrected chi connectivity index (χ4v) is 1.67. The highest BCUT2D eigenvalue weighted by atomic mass is 16.2. The molecular formula is C17H12N2O. The van der Waals surface area contributed by atoms with Gasteiger partial charge in [0.2, 0.25) is 0 Å². The molecule has 3 nitrogen and oxygen atoms in total. The van der Waals surface area contributed by atoms with Crippen molar-refractivity contribution >= 4 is 17.4 Å². The van der Waals surface area contributed by atoms with Crippen molar-refractivity contribution in [1.29, 1.82) is 0 Å². The predicted octanol–water partition coefficient (Wildman–Crippen LogP) is 3.29. The molecule has 0 atom stereocenters. The second-order valence-electron chi connectivity index (χ2n) is 4.03. The largest absolute Gasteiger partial charge is 0.323 e. The Labute approximate surface area is 118 Å². The van der Waals surface area contributed by atoms with Gasteiger partial charge in [-0.15, -0.1) is 12.8 Å². The van der Waals surface area contributed by atoms with Crippen LogP contribution >= 0.6 is 0 Å². The van der Waals surface area contributed by atoms with Crippen LogP contribution in [0.2, 0.25) is 0 Å². The number of benzene rings is 2. The molecule has 2 rings (SSSR count). The number of hydrogen-bond donors (Lipinski definition) is 2. The molecule has 0 unspecified atom stereocenters. The summed E-state index contributed by atoms with van der Waals surface area (Å²) in [5.74, 6) is 5.02. The highest BCUT2D eigenvalue weighted by Gasteiger charge is 2.03. The second-order valence-corrected chi connectivity index (χ2v) is 4.03. The van der Waals surface area contributed by atoms with E-state index in [2.05, 4.69) is 22.5 Å². The Bertz CT molecular complexity index is 659. The van der Waals surface area contributed by atoms with Crippen molar-refractivity contribution in [2.45, 2.75) is 0 Å². The summed E-state index contributed by atoms with van der Waals surface area (Å²) in [5.41, 5.74) is 2.67. The molecule has 0 bridgehead atoms. The SMILES string of the molecule is C#Cc1cccc(NC(=O)Nc2cccc(C#C)c2)c1. The summed E-state index contributed by atoms with van der Waals surface area (Å²) in [7, 11) is 0. The van der Waals surface area contributed by atoms with Crippen LogP contribution in [0, 0.1) is 24.7 Å². The number of urea groups is 1. The number of carbonyl (C=O) groups is 1. The molecule has 0 heterocycles. The van der Waals surface area contributed by atoms with Crippen molar-refractivity contribution < 1.29 is 4.79 Å². The molecule has 0 saturated heterocycles. The lowest BCUT2D eigenvalue weighted by atomic mass is 10.2. The molecule has 0 aliphatic heterocycles. The average Bonchev–Trinajstić information content (AvgIpc) is 2.47. The minimum Gasteiger partial charge on any atom is -0.308 e. The van der Waals surface area contributed by atoms with Crippen LogP contribution in [0.5, 0.6) is 0 Å². The van der Waals surface area contributed by atoms with E-state index in [1.54, 1.807) is 48.5 Å². The maximum Gasteiger partial charge on any atom is 0.323 e. The van der Waals surface area contributed by atoms with Crippen LogP contribution in [0.15, 0.2) is 48.5 Å².